The molecule has 0 unspecified atom stereocenters. The first kappa shape index (κ1) is 15.2. The summed E-state index contributed by atoms with van der Waals surface area (Å²) in [5, 5.41) is 15.8. The highest BCUT2D eigenvalue weighted by Gasteiger charge is 2.22. The monoisotopic (exact) mass is 312 g/mol. The predicted octanol–water partition coefficient (Wildman–Crippen LogP) is 2.77. The van der Waals surface area contributed by atoms with Crippen LogP contribution in [-0.2, 0) is 19.0 Å². The van der Waals surface area contributed by atoms with Crippen LogP contribution in [0.3, 0.4) is 0 Å². The summed E-state index contributed by atoms with van der Waals surface area (Å²) in [5.74, 6) is 0.470. The van der Waals surface area contributed by atoms with E-state index in [1.54, 1.807) is 12.4 Å². The van der Waals surface area contributed by atoms with Gasteiger partial charge < -0.3 is 9.73 Å². The molecular weight excluding hydrogens is 292 g/mol. The van der Waals surface area contributed by atoms with Gasteiger partial charge in [-0.15, -0.1) is 5.10 Å². The molecule has 3 aromatic heterocycles. The van der Waals surface area contributed by atoms with E-state index in [0.717, 1.165) is 16.8 Å². The summed E-state index contributed by atoms with van der Waals surface area (Å²) >= 11 is 0. The van der Waals surface area contributed by atoms with E-state index in [1.165, 1.54) is 0 Å². The van der Waals surface area contributed by atoms with Gasteiger partial charge in [-0.3, -0.25) is 9.67 Å². The van der Waals surface area contributed by atoms with Crippen LogP contribution in [0.4, 0.5) is 6.01 Å². The van der Waals surface area contributed by atoms with E-state index in [-0.39, 0.29) is 5.41 Å². The van der Waals surface area contributed by atoms with E-state index in [2.05, 4.69) is 46.4 Å². The van der Waals surface area contributed by atoms with Gasteiger partial charge in [0, 0.05) is 48.7 Å². The second-order valence-electron chi connectivity index (χ2n) is 6.43. The van der Waals surface area contributed by atoms with Gasteiger partial charge in [-0.2, -0.15) is 5.10 Å². The Balaban J connectivity index is 1.74. The summed E-state index contributed by atoms with van der Waals surface area (Å²) in [6, 6.07) is 4.05. The van der Waals surface area contributed by atoms with Crippen LogP contribution in [0.5, 0.6) is 0 Å². The molecule has 120 valence electrons. The molecule has 3 heterocycles. The van der Waals surface area contributed by atoms with Crippen LogP contribution < -0.4 is 5.32 Å². The minimum Gasteiger partial charge on any atom is -0.403 e. The largest absolute Gasteiger partial charge is 0.403 e. The summed E-state index contributed by atoms with van der Waals surface area (Å²) < 4.78 is 7.46. The molecular formula is C16H20N6O. The van der Waals surface area contributed by atoms with Crippen molar-refractivity contribution in [1.82, 2.24) is 25.0 Å². The van der Waals surface area contributed by atoms with Crippen molar-refractivity contribution in [3.8, 4) is 11.5 Å². The number of nitrogens with one attached hydrogen (secondary N) is 1. The fraction of sp³-hybridized carbons (Fsp3) is 0.375. The third-order valence-corrected chi connectivity index (χ3v) is 3.40. The molecule has 0 bridgehead atoms. The second-order valence-corrected chi connectivity index (χ2v) is 6.43. The number of aryl methyl sites for hydroxylation is 1. The molecule has 0 aromatic carbocycles. The Morgan fingerprint density at radius 2 is 1.91 bits per heavy atom. The lowest BCUT2D eigenvalue weighted by atomic mass is 9.89. The molecule has 0 radical (unpaired) electrons. The zero-order valence-electron chi connectivity index (χ0n) is 13.7. The molecule has 0 aliphatic heterocycles. The van der Waals surface area contributed by atoms with Crippen molar-refractivity contribution in [3.05, 3.63) is 42.0 Å². The van der Waals surface area contributed by atoms with Crippen molar-refractivity contribution >= 4 is 6.01 Å². The van der Waals surface area contributed by atoms with E-state index >= 15 is 0 Å². The number of pyridine rings is 1. The molecule has 0 saturated carbocycles. The SMILES string of the molecule is Cn1cc(CNc2nnc(-c3ccncc3)o2)c(C(C)(C)C)n1. The molecule has 0 fully saturated rings. The number of nitrogens with zero attached hydrogens (tertiary/aromatic N) is 5. The Kier molecular flexibility index (Phi) is 3.85. The summed E-state index contributed by atoms with van der Waals surface area (Å²) in [4.78, 5) is 3.97. The topological polar surface area (TPSA) is 81.7 Å². The molecule has 7 nitrogen and oxygen atoms in total. The lowest BCUT2D eigenvalue weighted by Gasteiger charge is -2.17. The van der Waals surface area contributed by atoms with Crippen molar-refractivity contribution in [2.24, 2.45) is 7.05 Å². The van der Waals surface area contributed by atoms with Crippen LogP contribution in [0.15, 0.2) is 35.1 Å². The summed E-state index contributed by atoms with van der Waals surface area (Å²) in [7, 11) is 1.92. The molecule has 0 aliphatic carbocycles. The molecule has 0 saturated heterocycles. The van der Waals surface area contributed by atoms with Crippen molar-refractivity contribution in [2.75, 3.05) is 5.32 Å². The smallest absolute Gasteiger partial charge is 0.316 e. The number of hydrogen-bond donors (Lipinski definition) is 1. The lowest BCUT2D eigenvalue weighted by molar-refractivity contribution is 0.547. The molecule has 1 N–H and O–H groups in total. The maximum absolute atomic E-state index is 5.64. The third-order valence-electron chi connectivity index (χ3n) is 3.40. The molecule has 0 spiro atoms. The summed E-state index contributed by atoms with van der Waals surface area (Å²) in [6.07, 6.45) is 5.39. The Bertz CT molecular complexity index is 785. The summed E-state index contributed by atoms with van der Waals surface area (Å²) in [6.45, 7) is 7.02. The van der Waals surface area contributed by atoms with Gasteiger partial charge >= 0.3 is 6.01 Å². The minimum atomic E-state index is -0.0185. The molecule has 0 atom stereocenters. The first-order chi connectivity index (χ1) is 10.9. The summed E-state index contributed by atoms with van der Waals surface area (Å²) in [5.41, 5.74) is 3.00. The number of hydrogen-bond acceptors (Lipinski definition) is 6. The molecule has 7 heteroatoms. The standard InChI is InChI=1S/C16H20N6O/c1-16(2,3)13-12(10-22(4)21-13)9-18-15-20-19-14(23-15)11-5-7-17-8-6-11/h5-8,10H,9H2,1-4H3,(H,18,20). The van der Waals surface area contributed by atoms with Gasteiger partial charge in [-0.05, 0) is 12.1 Å². The van der Waals surface area contributed by atoms with Crippen LogP contribution in [0.1, 0.15) is 32.0 Å². The third kappa shape index (κ3) is 3.39. The zero-order chi connectivity index (χ0) is 16.4. The highest BCUT2D eigenvalue weighted by molar-refractivity contribution is 5.51. The van der Waals surface area contributed by atoms with Gasteiger partial charge in [0.15, 0.2) is 0 Å². The van der Waals surface area contributed by atoms with Crippen LogP contribution in [0, 0.1) is 0 Å². The second kappa shape index (κ2) is 5.83. The molecule has 3 rings (SSSR count). The highest BCUT2D eigenvalue weighted by Crippen LogP contribution is 2.25. The molecule has 0 aliphatic rings. The maximum Gasteiger partial charge on any atom is 0.316 e. The van der Waals surface area contributed by atoms with Gasteiger partial charge in [0.1, 0.15) is 0 Å². The van der Waals surface area contributed by atoms with Crippen molar-refractivity contribution in [2.45, 2.75) is 32.7 Å². The first-order valence-electron chi connectivity index (χ1n) is 7.44. The Morgan fingerprint density at radius 1 is 1.17 bits per heavy atom. The molecule has 23 heavy (non-hydrogen) atoms. The van der Waals surface area contributed by atoms with Gasteiger partial charge in [-0.1, -0.05) is 25.9 Å². The normalized spacial score (nSPS) is 11.7. The Hall–Kier alpha value is -2.70. The van der Waals surface area contributed by atoms with Crippen LogP contribution >= 0.6 is 0 Å². The zero-order valence-corrected chi connectivity index (χ0v) is 13.7. The van der Waals surface area contributed by atoms with Gasteiger partial charge in [0.25, 0.3) is 0 Å². The van der Waals surface area contributed by atoms with E-state index in [1.807, 2.05) is 30.1 Å². The molecule has 0 amide bonds. The van der Waals surface area contributed by atoms with Crippen molar-refractivity contribution in [1.29, 1.82) is 0 Å². The number of rotatable bonds is 4. The van der Waals surface area contributed by atoms with Gasteiger partial charge in [0.05, 0.1) is 5.69 Å². The van der Waals surface area contributed by atoms with Gasteiger partial charge in [-0.25, -0.2) is 0 Å². The average molecular weight is 312 g/mol. The number of aromatic nitrogens is 5. The van der Waals surface area contributed by atoms with Crippen molar-refractivity contribution < 1.29 is 4.42 Å². The maximum atomic E-state index is 5.64. The average Bonchev–Trinajstić information content (AvgIpc) is 3.12. The lowest BCUT2D eigenvalue weighted by Crippen LogP contribution is -2.16. The van der Waals surface area contributed by atoms with E-state index in [4.69, 9.17) is 4.42 Å². The Morgan fingerprint density at radius 3 is 2.61 bits per heavy atom. The van der Waals surface area contributed by atoms with Crippen LogP contribution in [0.2, 0.25) is 0 Å². The first-order valence-corrected chi connectivity index (χ1v) is 7.44. The van der Waals surface area contributed by atoms with Crippen LogP contribution in [-0.4, -0.2) is 25.0 Å². The Labute approximate surface area is 134 Å². The van der Waals surface area contributed by atoms with E-state index < -0.39 is 0 Å². The van der Waals surface area contributed by atoms with E-state index in [9.17, 15) is 0 Å². The predicted molar refractivity (Wildman–Crippen MR) is 86.8 cm³/mol. The minimum absolute atomic E-state index is 0.0185. The molecule has 3 aromatic rings. The number of anilines is 1. The fourth-order valence-corrected chi connectivity index (χ4v) is 2.38. The highest BCUT2D eigenvalue weighted by atomic mass is 16.4. The van der Waals surface area contributed by atoms with Gasteiger partial charge in [0.2, 0.25) is 5.89 Å². The van der Waals surface area contributed by atoms with Crippen molar-refractivity contribution in [3.63, 3.8) is 0 Å². The van der Waals surface area contributed by atoms with E-state index in [0.29, 0.717) is 18.5 Å². The fourth-order valence-electron chi connectivity index (χ4n) is 2.38. The van der Waals surface area contributed by atoms with Crippen LogP contribution in [0.25, 0.3) is 11.5 Å². The quantitative estimate of drug-likeness (QED) is 0.797.